The normalized spacial score (nSPS) is 13.6. The average molecular weight is 334 g/mol. The Morgan fingerprint density at radius 2 is 1.62 bits per heavy atom. The van der Waals surface area contributed by atoms with Crippen molar-refractivity contribution in [3.63, 3.8) is 0 Å². The van der Waals surface area contributed by atoms with Crippen LogP contribution in [0, 0.1) is 0 Å². The third kappa shape index (κ3) is 16.4. The number of hydrogen-bond donors (Lipinski definition) is 2. The third-order valence-corrected chi connectivity index (χ3v) is 3.38. The van der Waals surface area contributed by atoms with Gasteiger partial charge in [-0.1, -0.05) is 62.6 Å². The fourth-order valence-electron chi connectivity index (χ4n) is 2.06. The second kappa shape index (κ2) is 15.9. The number of allylic oxidation sites excluding steroid dienone is 7. The van der Waals surface area contributed by atoms with Crippen LogP contribution in [-0.2, 0) is 9.59 Å². The van der Waals surface area contributed by atoms with Crippen LogP contribution in [0.2, 0.25) is 0 Å². The molecule has 0 aliphatic heterocycles. The molecule has 0 spiro atoms. The lowest BCUT2D eigenvalue weighted by Crippen LogP contribution is -2.05. The molecular formula is C20H30O4. The molecule has 4 heteroatoms. The maximum atomic E-state index is 11.4. The maximum absolute atomic E-state index is 11.4. The summed E-state index contributed by atoms with van der Waals surface area (Å²) in [4.78, 5) is 21.6. The summed E-state index contributed by atoms with van der Waals surface area (Å²) in [6.07, 6.45) is 19.9. The molecule has 2 N–H and O–H groups in total. The second-order valence-corrected chi connectivity index (χ2v) is 5.66. The predicted octanol–water partition coefficient (Wildman–Crippen LogP) is 4.37. The van der Waals surface area contributed by atoms with Gasteiger partial charge >= 0.3 is 5.97 Å². The van der Waals surface area contributed by atoms with Crippen molar-refractivity contribution in [1.82, 2.24) is 0 Å². The monoisotopic (exact) mass is 334 g/mol. The van der Waals surface area contributed by atoms with Crippen molar-refractivity contribution < 1.29 is 19.8 Å². The van der Waals surface area contributed by atoms with Gasteiger partial charge in [-0.05, 0) is 31.8 Å². The smallest absolute Gasteiger partial charge is 0.327 e. The first-order valence-electron chi connectivity index (χ1n) is 8.66. The molecule has 0 amide bonds. The van der Waals surface area contributed by atoms with Crippen molar-refractivity contribution in [3.05, 3.63) is 48.6 Å². The quantitative estimate of drug-likeness (QED) is 0.281. The zero-order valence-corrected chi connectivity index (χ0v) is 14.6. The molecule has 0 aliphatic carbocycles. The molecule has 134 valence electrons. The minimum Gasteiger partial charge on any atom is -0.478 e. The van der Waals surface area contributed by atoms with Crippen molar-refractivity contribution in [2.45, 2.75) is 64.4 Å². The summed E-state index contributed by atoms with van der Waals surface area (Å²) in [7, 11) is 0. The van der Waals surface area contributed by atoms with E-state index in [4.69, 9.17) is 5.11 Å². The minimum absolute atomic E-state index is 0.0903. The summed E-state index contributed by atoms with van der Waals surface area (Å²) >= 11 is 0. The molecule has 0 bridgehead atoms. The van der Waals surface area contributed by atoms with Crippen molar-refractivity contribution >= 4 is 11.8 Å². The van der Waals surface area contributed by atoms with Crippen LogP contribution in [0.1, 0.15) is 58.3 Å². The van der Waals surface area contributed by atoms with Crippen molar-refractivity contribution in [2.75, 3.05) is 0 Å². The number of rotatable bonds is 14. The number of aliphatic carboxylic acids is 1. The van der Waals surface area contributed by atoms with E-state index in [-0.39, 0.29) is 18.3 Å². The molecule has 0 heterocycles. The number of carbonyl (C=O) groups is 2. The van der Waals surface area contributed by atoms with Crippen LogP contribution in [0.25, 0.3) is 0 Å². The zero-order valence-electron chi connectivity index (χ0n) is 14.6. The molecule has 0 radical (unpaired) electrons. The Morgan fingerprint density at radius 1 is 0.917 bits per heavy atom. The Balaban J connectivity index is 3.72. The highest BCUT2D eigenvalue weighted by molar-refractivity contribution is 5.91. The first-order chi connectivity index (χ1) is 11.6. The zero-order chi connectivity index (χ0) is 18.0. The van der Waals surface area contributed by atoms with Crippen LogP contribution in [0.4, 0.5) is 0 Å². The van der Waals surface area contributed by atoms with Crippen LogP contribution in [-0.4, -0.2) is 28.1 Å². The summed E-state index contributed by atoms with van der Waals surface area (Å²) in [5, 5.41) is 18.2. The molecule has 0 aromatic rings. The van der Waals surface area contributed by atoms with Gasteiger partial charge in [0, 0.05) is 12.5 Å². The molecule has 0 fully saturated rings. The maximum Gasteiger partial charge on any atom is 0.327 e. The number of aliphatic hydroxyl groups is 1. The highest BCUT2D eigenvalue weighted by Crippen LogP contribution is 2.09. The van der Waals surface area contributed by atoms with Gasteiger partial charge in [0.15, 0.2) is 5.78 Å². The number of aliphatic hydroxyl groups excluding tert-OH is 1. The molecule has 1 atom stereocenters. The average Bonchev–Trinajstić information content (AvgIpc) is 2.53. The standard InChI is InChI=1S/C20H30O4/c1-2-3-9-13-18(21)14-10-7-5-4-6-8-11-15-19(22)16-12-17-20(23)24/h4-6,8,11-12,15,17-18,21H,2-3,7,9-10,13-14,16H2,1H3,(H,23,24)/t18-/m0/s1. The number of unbranched alkanes of at least 4 members (excludes halogenated alkanes) is 3. The first kappa shape index (κ1) is 22.1. The van der Waals surface area contributed by atoms with Gasteiger partial charge in [0.1, 0.15) is 0 Å². The van der Waals surface area contributed by atoms with E-state index in [0.29, 0.717) is 0 Å². The van der Waals surface area contributed by atoms with Gasteiger partial charge in [-0.3, -0.25) is 4.79 Å². The Morgan fingerprint density at radius 3 is 2.33 bits per heavy atom. The minimum atomic E-state index is -1.05. The molecule has 0 aromatic heterocycles. The molecule has 0 aromatic carbocycles. The van der Waals surface area contributed by atoms with E-state index >= 15 is 0 Å². The number of carbonyl (C=O) groups excluding carboxylic acids is 1. The fraction of sp³-hybridized carbons (Fsp3) is 0.500. The lowest BCUT2D eigenvalue weighted by molar-refractivity contribution is -0.131. The van der Waals surface area contributed by atoms with Crippen molar-refractivity contribution in [3.8, 4) is 0 Å². The van der Waals surface area contributed by atoms with Crippen LogP contribution in [0.5, 0.6) is 0 Å². The van der Waals surface area contributed by atoms with E-state index < -0.39 is 5.97 Å². The Kier molecular flexibility index (Phi) is 14.6. The van der Waals surface area contributed by atoms with Gasteiger partial charge in [-0.2, -0.15) is 0 Å². The molecular weight excluding hydrogens is 304 g/mol. The SMILES string of the molecule is CCCCC[C@H](O)CCCC=CC=CC=CC(=O)CC=CC(=O)O. The number of ketones is 1. The van der Waals surface area contributed by atoms with Crippen LogP contribution in [0.15, 0.2) is 48.6 Å². The Hall–Kier alpha value is -1.94. The second-order valence-electron chi connectivity index (χ2n) is 5.66. The van der Waals surface area contributed by atoms with Crippen LogP contribution in [0.3, 0.4) is 0 Å². The molecule has 0 saturated carbocycles. The number of carboxylic acid groups (broad SMARTS) is 1. The largest absolute Gasteiger partial charge is 0.478 e. The molecule has 4 nitrogen and oxygen atoms in total. The van der Waals surface area contributed by atoms with Crippen molar-refractivity contribution in [2.24, 2.45) is 0 Å². The molecule has 0 saturated heterocycles. The predicted molar refractivity (Wildman–Crippen MR) is 97.8 cm³/mol. The van der Waals surface area contributed by atoms with Crippen LogP contribution < -0.4 is 0 Å². The van der Waals surface area contributed by atoms with Crippen LogP contribution >= 0.6 is 0 Å². The first-order valence-corrected chi connectivity index (χ1v) is 8.66. The highest BCUT2D eigenvalue weighted by atomic mass is 16.4. The van der Waals surface area contributed by atoms with E-state index in [2.05, 4.69) is 6.92 Å². The summed E-state index contributed by atoms with van der Waals surface area (Å²) in [5.74, 6) is -1.19. The van der Waals surface area contributed by atoms with E-state index in [9.17, 15) is 14.7 Å². The van der Waals surface area contributed by atoms with E-state index in [1.54, 1.807) is 12.2 Å². The number of hydrogen-bond acceptors (Lipinski definition) is 3. The summed E-state index contributed by atoms with van der Waals surface area (Å²) in [6, 6.07) is 0. The van der Waals surface area contributed by atoms with Gasteiger partial charge in [0.2, 0.25) is 0 Å². The topological polar surface area (TPSA) is 74.6 Å². The van der Waals surface area contributed by atoms with E-state index in [1.807, 2.05) is 18.2 Å². The molecule has 24 heavy (non-hydrogen) atoms. The third-order valence-electron chi connectivity index (χ3n) is 3.38. The van der Waals surface area contributed by atoms with Gasteiger partial charge < -0.3 is 10.2 Å². The van der Waals surface area contributed by atoms with Gasteiger partial charge in [-0.15, -0.1) is 0 Å². The summed E-state index contributed by atoms with van der Waals surface area (Å²) in [5.41, 5.74) is 0. The Labute approximate surface area is 145 Å². The lowest BCUT2D eigenvalue weighted by atomic mass is 10.1. The Bertz CT molecular complexity index is 458. The van der Waals surface area contributed by atoms with Crippen molar-refractivity contribution in [1.29, 1.82) is 0 Å². The van der Waals surface area contributed by atoms with E-state index in [0.717, 1.165) is 38.2 Å². The van der Waals surface area contributed by atoms with E-state index in [1.165, 1.54) is 25.0 Å². The lowest BCUT2D eigenvalue weighted by Gasteiger charge is -2.08. The molecule has 0 aliphatic rings. The molecule has 0 unspecified atom stereocenters. The fourth-order valence-corrected chi connectivity index (χ4v) is 2.06. The highest BCUT2D eigenvalue weighted by Gasteiger charge is 2.01. The number of carboxylic acids is 1. The van der Waals surface area contributed by atoms with Gasteiger partial charge in [0.05, 0.1) is 6.10 Å². The summed E-state index contributed by atoms with van der Waals surface area (Å²) < 4.78 is 0. The summed E-state index contributed by atoms with van der Waals surface area (Å²) in [6.45, 7) is 2.16. The van der Waals surface area contributed by atoms with Gasteiger partial charge in [0.25, 0.3) is 0 Å². The molecule has 0 rings (SSSR count). The van der Waals surface area contributed by atoms with Gasteiger partial charge in [-0.25, -0.2) is 4.79 Å².